The van der Waals surface area contributed by atoms with Crippen LogP contribution in [0.3, 0.4) is 0 Å². The second kappa shape index (κ2) is 6.30. The minimum absolute atomic E-state index is 0.129. The van der Waals surface area contributed by atoms with Gasteiger partial charge in [0.1, 0.15) is 4.75 Å². The lowest BCUT2D eigenvalue weighted by atomic mass is 9.95. The maximum absolute atomic E-state index is 12.1. The van der Waals surface area contributed by atoms with Crippen molar-refractivity contribution in [3.63, 3.8) is 0 Å². The first-order valence-corrected chi connectivity index (χ1v) is 7.56. The molecular weight excluding hydrogens is 232 g/mol. The molecule has 3 nitrogen and oxygen atoms in total. The largest absolute Gasteiger partial charge is 0.342 e. The summed E-state index contributed by atoms with van der Waals surface area (Å²) in [4.78, 5) is 14.0. The second-order valence-electron chi connectivity index (χ2n) is 4.83. The van der Waals surface area contributed by atoms with Gasteiger partial charge in [-0.25, -0.2) is 0 Å². The van der Waals surface area contributed by atoms with Gasteiger partial charge in [-0.2, -0.15) is 5.26 Å². The van der Waals surface area contributed by atoms with Crippen molar-refractivity contribution in [2.75, 3.05) is 19.3 Å². The average molecular weight is 254 g/mol. The third-order valence-corrected chi connectivity index (χ3v) is 4.90. The number of carbonyl (C=O) groups is 1. The Labute approximate surface area is 109 Å². The maximum Gasteiger partial charge on any atom is 0.225 e. The normalized spacial score (nSPS) is 20.7. The summed E-state index contributed by atoms with van der Waals surface area (Å²) in [5.41, 5.74) is 0. The zero-order valence-corrected chi connectivity index (χ0v) is 11.8. The Kier molecular flexibility index (Phi) is 5.32. The molecule has 0 aromatic rings. The molecule has 1 unspecified atom stereocenters. The van der Waals surface area contributed by atoms with Crippen molar-refractivity contribution in [3.05, 3.63) is 0 Å². The first-order chi connectivity index (χ1) is 8.08. The van der Waals surface area contributed by atoms with Gasteiger partial charge in [0.15, 0.2) is 0 Å². The van der Waals surface area contributed by atoms with Gasteiger partial charge in [-0.15, -0.1) is 11.8 Å². The molecule has 0 aromatic carbocycles. The van der Waals surface area contributed by atoms with E-state index < -0.39 is 0 Å². The zero-order chi connectivity index (χ0) is 12.9. The van der Waals surface area contributed by atoms with Crippen LogP contribution in [0.25, 0.3) is 0 Å². The minimum atomic E-state index is -0.259. The molecule has 17 heavy (non-hydrogen) atoms. The molecule has 0 aromatic heterocycles. The summed E-state index contributed by atoms with van der Waals surface area (Å²) < 4.78 is -0.259. The van der Waals surface area contributed by atoms with Crippen LogP contribution in [0.2, 0.25) is 0 Å². The molecule has 1 aliphatic heterocycles. The number of hydrogen-bond donors (Lipinski definition) is 0. The summed E-state index contributed by atoms with van der Waals surface area (Å²) in [6, 6.07) is 2.41. The molecule has 1 aliphatic rings. The minimum Gasteiger partial charge on any atom is -0.342 e. The van der Waals surface area contributed by atoms with Crippen LogP contribution in [0.4, 0.5) is 0 Å². The Morgan fingerprint density at radius 3 is 2.53 bits per heavy atom. The summed E-state index contributed by atoms with van der Waals surface area (Å²) in [6.07, 6.45) is 5.60. The molecule has 0 N–H and O–H groups in total. The Bertz CT molecular complexity index is 303. The van der Waals surface area contributed by atoms with E-state index in [4.69, 9.17) is 0 Å². The number of thioether (sulfide) groups is 1. The quantitative estimate of drug-likeness (QED) is 0.774. The van der Waals surface area contributed by atoms with Crippen molar-refractivity contribution in [1.29, 1.82) is 5.26 Å². The van der Waals surface area contributed by atoms with Crippen LogP contribution in [-0.2, 0) is 4.79 Å². The van der Waals surface area contributed by atoms with Crippen molar-refractivity contribution < 1.29 is 4.79 Å². The van der Waals surface area contributed by atoms with Gasteiger partial charge in [-0.05, 0) is 25.5 Å². The average Bonchev–Trinajstić information content (AvgIpc) is 2.38. The fourth-order valence-electron chi connectivity index (χ4n) is 2.32. The number of amides is 1. The van der Waals surface area contributed by atoms with Crippen molar-refractivity contribution >= 4 is 17.7 Å². The van der Waals surface area contributed by atoms with E-state index in [0.29, 0.717) is 0 Å². The summed E-state index contributed by atoms with van der Waals surface area (Å²) in [6.45, 7) is 5.59. The molecule has 0 saturated carbocycles. The van der Waals surface area contributed by atoms with Crippen molar-refractivity contribution in [1.82, 2.24) is 4.90 Å². The highest BCUT2D eigenvalue weighted by molar-refractivity contribution is 8.00. The fraction of sp³-hybridized carbons (Fsp3) is 0.846. The molecule has 1 heterocycles. The van der Waals surface area contributed by atoms with Crippen LogP contribution >= 0.6 is 11.8 Å². The molecule has 0 radical (unpaired) electrons. The molecule has 1 fully saturated rings. The van der Waals surface area contributed by atoms with E-state index in [0.717, 1.165) is 38.8 Å². The lowest BCUT2D eigenvalue weighted by Gasteiger charge is -2.37. The van der Waals surface area contributed by atoms with Gasteiger partial charge in [0, 0.05) is 19.0 Å². The Morgan fingerprint density at radius 1 is 1.53 bits per heavy atom. The number of nitriles is 1. The van der Waals surface area contributed by atoms with Crippen LogP contribution in [0.1, 0.15) is 39.5 Å². The molecular formula is C13H22N2OS. The number of carbonyl (C=O) groups excluding carboxylic acids is 1. The first kappa shape index (κ1) is 14.4. The molecule has 0 aliphatic carbocycles. The molecule has 1 rings (SSSR count). The molecule has 0 bridgehead atoms. The zero-order valence-electron chi connectivity index (χ0n) is 11.0. The predicted molar refractivity (Wildman–Crippen MR) is 71.7 cm³/mol. The third kappa shape index (κ3) is 3.38. The molecule has 1 atom stereocenters. The van der Waals surface area contributed by atoms with Gasteiger partial charge in [0.2, 0.25) is 5.91 Å². The summed E-state index contributed by atoms with van der Waals surface area (Å²) in [5, 5.41) is 9.19. The highest BCUT2D eigenvalue weighted by atomic mass is 32.2. The van der Waals surface area contributed by atoms with Crippen LogP contribution < -0.4 is 0 Å². The number of piperidine rings is 1. The van der Waals surface area contributed by atoms with Gasteiger partial charge in [0.25, 0.3) is 0 Å². The molecule has 0 spiro atoms. The van der Waals surface area contributed by atoms with Crippen LogP contribution in [-0.4, -0.2) is 34.9 Å². The Hall–Kier alpha value is -0.690. The number of rotatable bonds is 4. The fourth-order valence-corrected chi connectivity index (χ4v) is 3.00. The van der Waals surface area contributed by atoms with Gasteiger partial charge < -0.3 is 4.90 Å². The van der Waals surface area contributed by atoms with Gasteiger partial charge in [-0.3, -0.25) is 4.79 Å². The van der Waals surface area contributed by atoms with E-state index in [-0.39, 0.29) is 16.6 Å². The monoisotopic (exact) mass is 254 g/mol. The summed E-state index contributed by atoms with van der Waals surface area (Å²) in [7, 11) is 0. The van der Waals surface area contributed by atoms with Crippen molar-refractivity contribution in [2.45, 2.75) is 44.3 Å². The summed E-state index contributed by atoms with van der Waals surface area (Å²) >= 11 is 1.63. The van der Waals surface area contributed by atoms with Crippen LogP contribution in [0.5, 0.6) is 0 Å². The van der Waals surface area contributed by atoms with E-state index in [1.165, 1.54) is 0 Å². The lowest BCUT2D eigenvalue weighted by Crippen LogP contribution is -2.46. The predicted octanol–water partition coefficient (Wildman–Crippen LogP) is 2.67. The van der Waals surface area contributed by atoms with E-state index in [1.54, 1.807) is 11.8 Å². The molecule has 1 saturated heterocycles. The number of likely N-dealkylation sites (tertiary alicyclic amines) is 1. The SMILES string of the molecule is CCCC(C)C(=O)N1CCC(C#N)(SC)CC1. The smallest absolute Gasteiger partial charge is 0.225 e. The van der Waals surface area contributed by atoms with Crippen LogP contribution in [0, 0.1) is 17.2 Å². The molecule has 4 heteroatoms. The highest BCUT2D eigenvalue weighted by Crippen LogP contribution is 2.34. The Balaban J connectivity index is 2.52. The lowest BCUT2D eigenvalue weighted by molar-refractivity contribution is -0.136. The molecule has 96 valence electrons. The standard InChI is InChI=1S/C13H22N2OS/c1-4-5-11(2)12(16)15-8-6-13(10-14,17-3)7-9-15/h11H,4-9H2,1-3H3. The van der Waals surface area contributed by atoms with Gasteiger partial charge in [0.05, 0.1) is 6.07 Å². The van der Waals surface area contributed by atoms with E-state index in [2.05, 4.69) is 13.0 Å². The van der Waals surface area contributed by atoms with Crippen LogP contribution in [0.15, 0.2) is 0 Å². The van der Waals surface area contributed by atoms with E-state index >= 15 is 0 Å². The van der Waals surface area contributed by atoms with Crippen molar-refractivity contribution in [3.8, 4) is 6.07 Å². The number of hydrogen-bond acceptors (Lipinski definition) is 3. The molecule has 1 amide bonds. The Morgan fingerprint density at radius 2 is 2.12 bits per heavy atom. The first-order valence-electron chi connectivity index (χ1n) is 6.33. The van der Waals surface area contributed by atoms with Gasteiger partial charge >= 0.3 is 0 Å². The maximum atomic E-state index is 12.1. The summed E-state index contributed by atoms with van der Waals surface area (Å²) in [5.74, 6) is 0.392. The topological polar surface area (TPSA) is 44.1 Å². The third-order valence-electron chi connectivity index (χ3n) is 3.62. The number of nitrogens with zero attached hydrogens (tertiary/aromatic N) is 2. The van der Waals surface area contributed by atoms with Crippen molar-refractivity contribution in [2.24, 2.45) is 5.92 Å². The highest BCUT2D eigenvalue weighted by Gasteiger charge is 2.36. The van der Waals surface area contributed by atoms with E-state index in [9.17, 15) is 10.1 Å². The van der Waals surface area contributed by atoms with E-state index in [1.807, 2.05) is 18.1 Å². The van der Waals surface area contributed by atoms with Gasteiger partial charge in [-0.1, -0.05) is 20.3 Å². The second-order valence-corrected chi connectivity index (χ2v) is 6.01.